The average Bonchev–Trinajstić information content (AvgIpc) is 3.67. The molecule has 0 saturated heterocycles. The lowest BCUT2D eigenvalue weighted by molar-refractivity contribution is -0.385. The van der Waals surface area contributed by atoms with Crippen LogP contribution in [0.25, 0.3) is 17.4 Å². The van der Waals surface area contributed by atoms with Crippen LogP contribution in [0.15, 0.2) is 74.0 Å². The minimum atomic E-state index is -0.804. The van der Waals surface area contributed by atoms with E-state index in [1.54, 1.807) is 69.3 Å². The van der Waals surface area contributed by atoms with Crippen LogP contribution < -0.4 is 24.4 Å². The Kier molecular flexibility index (Phi) is 6.54. The maximum atomic E-state index is 13.8. The van der Waals surface area contributed by atoms with Gasteiger partial charge in [-0.2, -0.15) is 0 Å². The average molecular weight is 574 g/mol. The zero-order valence-electron chi connectivity index (χ0n) is 22.2. The van der Waals surface area contributed by atoms with Gasteiger partial charge < -0.3 is 18.6 Å². The third kappa shape index (κ3) is 4.61. The molecule has 0 aliphatic carbocycles. The number of fused-ring (bicyclic) bond motifs is 2. The summed E-state index contributed by atoms with van der Waals surface area (Å²) >= 11 is 1.16. The van der Waals surface area contributed by atoms with Gasteiger partial charge in [0.05, 0.1) is 33.4 Å². The summed E-state index contributed by atoms with van der Waals surface area (Å²) in [6.07, 6.45) is 1.59. The van der Waals surface area contributed by atoms with Gasteiger partial charge in [-0.15, -0.1) is 0 Å². The molecular formula is C29H23N3O8S. The third-order valence-corrected chi connectivity index (χ3v) is 7.80. The van der Waals surface area contributed by atoms with Crippen molar-refractivity contribution in [1.29, 1.82) is 0 Å². The van der Waals surface area contributed by atoms with Crippen molar-refractivity contribution >= 4 is 29.1 Å². The van der Waals surface area contributed by atoms with E-state index in [2.05, 4.69) is 4.99 Å². The van der Waals surface area contributed by atoms with Crippen LogP contribution in [0.4, 0.5) is 5.69 Å². The van der Waals surface area contributed by atoms with E-state index < -0.39 is 16.9 Å². The van der Waals surface area contributed by atoms with E-state index in [0.717, 1.165) is 11.3 Å². The van der Waals surface area contributed by atoms with Crippen molar-refractivity contribution in [2.75, 3.05) is 13.4 Å². The number of carbonyl (C=O) groups excluding carboxylic acids is 1. The maximum Gasteiger partial charge on any atom is 0.338 e. The number of rotatable bonds is 6. The fraction of sp³-hybridized carbons (Fsp3) is 0.207. The van der Waals surface area contributed by atoms with Crippen molar-refractivity contribution in [3.8, 4) is 22.8 Å². The molecule has 0 amide bonds. The minimum absolute atomic E-state index is 0.00921. The summed E-state index contributed by atoms with van der Waals surface area (Å²) in [6, 6.07) is 12.7. The molecule has 2 aliphatic heterocycles. The molecule has 41 heavy (non-hydrogen) atoms. The molecule has 0 bridgehead atoms. The second-order valence-electron chi connectivity index (χ2n) is 9.38. The quantitative estimate of drug-likeness (QED) is 0.192. The number of nitro groups is 1. The van der Waals surface area contributed by atoms with E-state index in [-0.39, 0.29) is 30.2 Å². The molecule has 208 valence electrons. The topological polar surface area (TPSA) is 135 Å². The van der Waals surface area contributed by atoms with Gasteiger partial charge in [-0.1, -0.05) is 29.5 Å². The molecule has 0 spiro atoms. The maximum absolute atomic E-state index is 13.8. The molecule has 2 aromatic heterocycles. The Labute approximate surface area is 236 Å². The van der Waals surface area contributed by atoms with Crippen molar-refractivity contribution in [3.63, 3.8) is 0 Å². The monoisotopic (exact) mass is 573 g/mol. The smallest absolute Gasteiger partial charge is 0.338 e. The van der Waals surface area contributed by atoms with Crippen molar-refractivity contribution in [1.82, 2.24) is 4.57 Å². The Balaban J connectivity index is 1.45. The largest absolute Gasteiger partial charge is 0.463 e. The standard InChI is InChI=1S/C29H23N3O8S/c1-4-37-28(34)25-16(3)30-29-31(26(25)18-7-9-22-23(12-18)39-14-38-22)27(33)24(41-29)13-19-8-10-21(40-19)17-6-5-15(2)20(11-17)32(35)36/h5-13,26H,4,14H2,1-3H3. The number of hydrogen-bond donors (Lipinski definition) is 0. The van der Waals surface area contributed by atoms with Gasteiger partial charge in [-0.3, -0.25) is 19.5 Å². The highest BCUT2D eigenvalue weighted by molar-refractivity contribution is 7.07. The van der Waals surface area contributed by atoms with Gasteiger partial charge in [0.25, 0.3) is 11.2 Å². The molecule has 0 N–H and O–H groups in total. The van der Waals surface area contributed by atoms with E-state index in [1.807, 2.05) is 0 Å². The molecule has 12 heteroatoms. The summed E-state index contributed by atoms with van der Waals surface area (Å²) in [6.45, 7) is 5.34. The van der Waals surface area contributed by atoms with Gasteiger partial charge in [0.15, 0.2) is 16.3 Å². The Morgan fingerprint density at radius 3 is 2.76 bits per heavy atom. The normalized spacial score (nSPS) is 16.0. The first-order chi connectivity index (χ1) is 19.7. The van der Waals surface area contributed by atoms with Crippen LogP contribution in [0, 0.1) is 17.0 Å². The summed E-state index contributed by atoms with van der Waals surface area (Å²) in [7, 11) is 0. The van der Waals surface area contributed by atoms with Crippen molar-refractivity contribution < 1.29 is 28.3 Å². The number of hydrogen-bond acceptors (Lipinski definition) is 10. The number of benzene rings is 2. The highest BCUT2D eigenvalue weighted by Gasteiger charge is 2.34. The van der Waals surface area contributed by atoms with Crippen LogP contribution in [0.3, 0.4) is 0 Å². The number of furan rings is 1. The first-order valence-electron chi connectivity index (χ1n) is 12.7. The zero-order chi connectivity index (χ0) is 28.8. The minimum Gasteiger partial charge on any atom is -0.463 e. The molecule has 0 fully saturated rings. The van der Waals surface area contributed by atoms with Crippen molar-refractivity contribution in [3.05, 3.63) is 106 Å². The van der Waals surface area contributed by atoms with Crippen LogP contribution in [0.2, 0.25) is 0 Å². The summed E-state index contributed by atoms with van der Waals surface area (Å²) in [5.74, 6) is 1.34. The number of nitro benzene ring substituents is 1. The van der Waals surface area contributed by atoms with Gasteiger partial charge in [0, 0.05) is 23.3 Å². The molecule has 1 atom stereocenters. The number of aryl methyl sites for hydroxylation is 1. The van der Waals surface area contributed by atoms with Gasteiger partial charge in [0.2, 0.25) is 6.79 Å². The molecule has 6 rings (SSSR count). The predicted octanol–water partition coefficient (Wildman–Crippen LogP) is 4.00. The van der Waals surface area contributed by atoms with Gasteiger partial charge >= 0.3 is 5.97 Å². The highest BCUT2D eigenvalue weighted by atomic mass is 32.1. The Morgan fingerprint density at radius 1 is 1.17 bits per heavy atom. The lowest BCUT2D eigenvalue weighted by Gasteiger charge is -2.24. The van der Waals surface area contributed by atoms with E-state index in [4.69, 9.17) is 18.6 Å². The molecule has 2 aliphatic rings. The zero-order valence-corrected chi connectivity index (χ0v) is 23.0. The SMILES string of the molecule is CCOC(=O)C1=C(C)N=c2sc(=Cc3ccc(-c4ccc(C)c([N+](=O)[O-])c4)o3)c(=O)n2C1c1ccc2c(c1)OCO2. The molecule has 4 heterocycles. The summed E-state index contributed by atoms with van der Waals surface area (Å²) in [4.78, 5) is 42.9. The van der Waals surface area contributed by atoms with E-state index in [0.29, 0.717) is 54.7 Å². The predicted molar refractivity (Wildman–Crippen MR) is 148 cm³/mol. The number of aromatic nitrogens is 1. The fourth-order valence-corrected chi connectivity index (χ4v) is 5.89. The van der Waals surface area contributed by atoms with Gasteiger partial charge in [-0.05, 0) is 50.6 Å². The fourth-order valence-electron chi connectivity index (χ4n) is 4.86. The Bertz CT molecular complexity index is 1950. The van der Waals surface area contributed by atoms with E-state index in [1.165, 1.54) is 10.6 Å². The van der Waals surface area contributed by atoms with Crippen molar-refractivity contribution in [2.24, 2.45) is 4.99 Å². The number of carbonyl (C=O) groups is 1. The number of ether oxygens (including phenoxy) is 3. The number of esters is 1. The lowest BCUT2D eigenvalue weighted by atomic mass is 9.95. The second-order valence-corrected chi connectivity index (χ2v) is 10.4. The second kappa shape index (κ2) is 10.2. The van der Waals surface area contributed by atoms with Crippen LogP contribution in [0.1, 0.15) is 36.8 Å². The van der Waals surface area contributed by atoms with E-state index >= 15 is 0 Å². The molecule has 0 saturated carbocycles. The number of allylic oxidation sites excluding steroid dienone is 1. The molecule has 4 aromatic rings. The first kappa shape index (κ1) is 26.3. The van der Waals surface area contributed by atoms with Crippen LogP contribution in [0.5, 0.6) is 11.5 Å². The molecule has 1 unspecified atom stereocenters. The lowest BCUT2D eigenvalue weighted by Crippen LogP contribution is -2.39. The van der Waals surface area contributed by atoms with Crippen LogP contribution in [-0.4, -0.2) is 28.9 Å². The molecule has 2 aromatic carbocycles. The summed E-state index contributed by atoms with van der Waals surface area (Å²) in [5.41, 5.74) is 2.05. The highest BCUT2D eigenvalue weighted by Crippen LogP contribution is 2.38. The Hall–Kier alpha value is -4.97. The van der Waals surface area contributed by atoms with Gasteiger partial charge in [0.1, 0.15) is 11.5 Å². The third-order valence-electron chi connectivity index (χ3n) is 6.82. The van der Waals surface area contributed by atoms with E-state index in [9.17, 15) is 19.7 Å². The Morgan fingerprint density at radius 2 is 1.98 bits per heavy atom. The van der Waals surface area contributed by atoms with Crippen LogP contribution in [-0.2, 0) is 9.53 Å². The summed E-state index contributed by atoms with van der Waals surface area (Å²) in [5, 5.41) is 11.4. The molecular weight excluding hydrogens is 550 g/mol. The van der Waals surface area contributed by atoms with Crippen LogP contribution >= 0.6 is 11.3 Å². The van der Waals surface area contributed by atoms with Gasteiger partial charge in [-0.25, -0.2) is 9.79 Å². The summed E-state index contributed by atoms with van der Waals surface area (Å²) < 4.78 is 24.1. The van der Waals surface area contributed by atoms with Crippen molar-refractivity contribution in [2.45, 2.75) is 26.8 Å². The number of thiazole rings is 1. The molecule has 11 nitrogen and oxygen atoms in total. The molecule has 0 radical (unpaired) electrons. The number of nitrogens with zero attached hydrogens (tertiary/aromatic N) is 3. The first-order valence-corrected chi connectivity index (χ1v) is 13.5.